The molecule has 1 saturated heterocycles. The summed E-state index contributed by atoms with van der Waals surface area (Å²) < 4.78 is 1.81. The molecule has 3 heterocycles. The SMILES string of the molecule is C[C@@H](Cn1cncn1)Nc1cc(N2CCCCC2)ncn1. The lowest BCUT2D eigenvalue weighted by Gasteiger charge is -2.27. The van der Waals surface area contributed by atoms with Crippen LogP contribution in [0.15, 0.2) is 25.0 Å². The van der Waals surface area contributed by atoms with Gasteiger partial charge < -0.3 is 10.2 Å². The Hall–Kier alpha value is -2.18. The molecular weight excluding hydrogens is 266 g/mol. The molecule has 3 rings (SSSR count). The van der Waals surface area contributed by atoms with Crippen LogP contribution >= 0.6 is 0 Å². The fourth-order valence-electron chi connectivity index (χ4n) is 2.63. The van der Waals surface area contributed by atoms with Gasteiger partial charge in [-0.2, -0.15) is 5.10 Å². The maximum absolute atomic E-state index is 4.39. The summed E-state index contributed by atoms with van der Waals surface area (Å²) in [5, 5.41) is 7.51. The van der Waals surface area contributed by atoms with Gasteiger partial charge in [-0.05, 0) is 26.2 Å². The van der Waals surface area contributed by atoms with Gasteiger partial charge in [-0.3, -0.25) is 4.68 Å². The molecule has 112 valence electrons. The van der Waals surface area contributed by atoms with Crippen molar-refractivity contribution in [3.05, 3.63) is 25.0 Å². The molecule has 1 atom stereocenters. The molecule has 0 aliphatic carbocycles. The lowest BCUT2D eigenvalue weighted by atomic mass is 10.1. The number of anilines is 2. The zero-order chi connectivity index (χ0) is 14.5. The van der Waals surface area contributed by atoms with Gasteiger partial charge in [0.05, 0.1) is 6.54 Å². The third kappa shape index (κ3) is 3.68. The molecule has 0 saturated carbocycles. The average molecular weight is 287 g/mol. The lowest BCUT2D eigenvalue weighted by molar-refractivity contribution is 0.557. The number of aromatic nitrogens is 5. The molecule has 0 spiro atoms. The van der Waals surface area contributed by atoms with Crippen LogP contribution in [-0.2, 0) is 6.54 Å². The minimum Gasteiger partial charge on any atom is -0.366 e. The fraction of sp³-hybridized carbons (Fsp3) is 0.571. The minimum atomic E-state index is 0.218. The summed E-state index contributed by atoms with van der Waals surface area (Å²) in [6, 6.07) is 2.25. The number of nitrogens with zero attached hydrogens (tertiary/aromatic N) is 6. The van der Waals surface area contributed by atoms with Crippen molar-refractivity contribution in [1.29, 1.82) is 0 Å². The summed E-state index contributed by atoms with van der Waals surface area (Å²) in [6.45, 7) is 5.03. The molecular formula is C14H21N7. The molecule has 7 heteroatoms. The quantitative estimate of drug-likeness (QED) is 0.900. The highest BCUT2D eigenvalue weighted by Crippen LogP contribution is 2.19. The largest absolute Gasteiger partial charge is 0.366 e. The van der Waals surface area contributed by atoms with Crippen molar-refractivity contribution < 1.29 is 0 Å². The van der Waals surface area contributed by atoms with Crippen LogP contribution in [0, 0.1) is 0 Å². The Labute approximate surface area is 124 Å². The summed E-state index contributed by atoms with van der Waals surface area (Å²) in [6.07, 6.45) is 8.71. The Morgan fingerprint density at radius 3 is 2.81 bits per heavy atom. The summed E-state index contributed by atoms with van der Waals surface area (Å²) in [4.78, 5) is 15.0. The average Bonchev–Trinajstić information content (AvgIpc) is 3.01. The molecule has 0 unspecified atom stereocenters. The first-order chi connectivity index (χ1) is 10.3. The van der Waals surface area contributed by atoms with Crippen molar-refractivity contribution in [3.63, 3.8) is 0 Å². The first-order valence-corrected chi connectivity index (χ1v) is 7.47. The lowest BCUT2D eigenvalue weighted by Crippen LogP contribution is -2.30. The van der Waals surface area contributed by atoms with E-state index in [0.29, 0.717) is 0 Å². The van der Waals surface area contributed by atoms with E-state index in [0.717, 1.165) is 31.3 Å². The van der Waals surface area contributed by atoms with Crippen molar-refractivity contribution in [3.8, 4) is 0 Å². The normalized spacial score (nSPS) is 16.7. The highest BCUT2D eigenvalue weighted by molar-refractivity contribution is 5.48. The summed E-state index contributed by atoms with van der Waals surface area (Å²) in [7, 11) is 0. The molecule has 0 amide bonds. The third-order valence-electron chi connectivity index (χ3n) is 3.65. The van der Waals surface area contributed by atoms with Gasteiger partial charge in [0, 0.05) is 25.2 Å². The molecule has 1 N–H and O–H groups in total. The molecule has 1 fully saturated rings. The number of piperidine rings is 1. The van der Waals surface area contributed by atoms with Crippen LogP contribution in [0.1, 0.15) is 26.2 Å². The molecule has 1 aliphatic heterocycles. The summed E-state index contributed by atoms with van der Waals surface area (Å²) in [5.41, 5.74) is 0. The first kappa shape index (κ1) is 13.8. The summed E-state index contributed by atoms with van der Waals surface area (Å²) >= 11 is 0. The van der Waals surface area contributed by atoms with Gasteiger partial charge in [-0.1, -0.05) is 0 Å². The maximum atomic E-state index is 4.39. The zero-order valence-corrected chi connectivity index (χ0v) is 12.3. The van der Waals surface area contributed by atoms with Gasteiger partial charge >= 0.3 is 0 Å². The smallest absolute Gasteiger partial charge is 0.137 e. The van der Waals surface area contributed by atoms with Gasteiger partial charge in [0.25, 0.3) is 0 Å². The minimum absolute atomic E-state index is 0.218. The number of nitrogens with one attached hydrogen (secondary N) is 1. The fourth-order valence-corrected chi connectivity index (χ4v) is 2.63. The second-order valence-electron chi connectivity index (χ2n) is 5.47. The first-order valence-electron chi connectivity index (χ1n) is 7.47. The van der Waals surface area contributed by atoms with E-state index in [-0.39, 0.29) is 6.04 Å². The molecule has 0 radical (unpaired) electrons. The molecule has 0 aromatic carbocycles. The van der Waals surface area contributed by atoms with E-state index in [9.17, 15) is 0 Å². The molecule has 1 aliphatic rings. The number of hydrogen-bond acceptors (Lipinski definition) is 6. The molecule has 0 bridgehead atoms. The Morgan fingerprint density at radius 1 is 1.19 bits per heavy atom. The van der Waals surface area contributed by atoms with Gasteiger partial charge in [0.15, 0.2) is 0 Å². The Morgan fingerprint density at radius 2 is 2.05 bits per heavy atom. The second kappa shape index (κ2) is 6.51. The topological polar surface area (TPSA) is 71.8 Å². The van der Waals surface area contributed by atoms with E-state index in [2.05, 4.69) is 37.2 Å². The van der Waals surface area contributed by atoms with Crippen molar-refractivity contribution in [2.45, 2.75) is 38.8 Å². The predicted octanol–water partition coefficient (Wildman–Crippen LogP) is 1.56. The Balaban J connectivity index is 1.62. The van der Waals surface area contributed by atoms with Crippen molar-refractivity contribution in [1.82, 2.24) is 24.7 Å². The standard InChI is InChI=1S/C14H21N7/c1-12(8-21-11-15-9-18-21)19-13-7-14(17-10-16-13)20-5-3-2-4-6-20/h7,9-12H,2-6,8H2,1H3,(H,16,17,19)/t12-/m0/s1. The van der Waals surface area contributed by atoms with Crippen LogP contribution in [-0.4, -0.2) is 43.9 Å². The van der Waals surface area contributed by atoms with Crippen molar-refractivity contribution in [2.24, 2.45) is 0 Å². The second-order valence-corrected chi connectivity index (χ2v) is 5.47. The van der Waals surface area contributed by atoms with E-state index in [4.69, 9.17) is 0 Å². The van der Waals surface area contributed by atoms with Gasteiger partial charge in [0.1, 0.15) is 30.6 Å². The third-order valence-corrected chi connectivity index (χ3v) is 3.65. The van der Waals surface area contributed by atoms with Crippen LogP contribution < -0.4 is 10.2 Å². The Bertz CT molecular complexity index is 548. The van der Waals surface area contributed by atoms with Gasteiger partial charge in [-0.15, -0.1) is 0 Å². The predicted molar refractivity (Wildman–Crippen MR) is 81.2 cm³/mol. The van der Waals surface area contributed by atoms with E-state index >= 15 is 0 Å². The molecule has 21 heavy (non-hydrogen) atoms. The number of rotatable bonds is 5. The van der Waals surface area contributed by atoms with Crippen LogP contribution in [0.2, 0.25) is 0 Å². The van der Waals surface area contributed by atoms with E-state index < -0.39 is 0 Å². The number of hydrogen-bond donors (Lipinski definition) is 1. The molecule has 7 nitrogen and oxygen atoms in total. The van der Waals surface area contributed by atoms with E-state index in [1.807, 2.05) is 10.7 Å². The highest BCUT2D eigenvalue weighted by atomic mass is 15.3. The maximum Gasteiger partial charge on any atom is 0.137 e. The zero-order valence-electron chi connectivity index (χ0n) is 12.3. The van der Waals surface area contributed by atoms with Crippen molar-refractivity contribution >= 4 is 11.6 Å². The van der Waals surface area contributed by atoms with Gasteiger partial charge in [0.2, 0.25) is 0 Å². The van der Waals surface area contributed by atoms with Crippen molar-refractivity contribution in [2.75, 3.05) is 23.3 Å². The Kier molecular flexibility index (Phi) is 4.28. The highest BCUT2D eigenvalue weighted by Gasteiger charge is 2.13. The van der Waals surface area contributed by atoms with Crippen LogP contribution in [0.5, 0.6) is 0 Å². The summed E-state index contributed by atoms with van der Waals surface area (Å²) in [5.74, 6) is 1.87. The van der Waals surface area contributed by atoms with Crippen LogP contribution in [0.3, 0.4) is 0 Å². The monoisotopic (exact) mass is 287 g/mol. The van der Waals surface area contributed by atoms with E-state index in [1.165, 1.54) is 19.3 Å². The van der Waals surface area contributed by atoms with E-state index in [1.54, 1.807) is 19.0 Å². The molecule has 2 aromatic rings. The molecule has 2 aromatic heterocycles. The van der Waals surface area contributed by atoms with Crippen LogP contribution in [0.4, 0.5) is 11.6 Å². The van der Waals surface area contributed by atoms with Gasteiger partial charge in [-0.25, -0.2) is 15.0 Å². The van der Waals surface area contributed by atoms with Crippen LogP contribution in [0.25, 0.3) is 0 Å².